The summed E-state index contributed by atoms with van der Waals surface area (Å²) in [5.74, 6) is -1.59. The lowest BCUT2D eigenvalue weighted by atomic mass is 10.0. The smallest absolute Gasteiger partial charge is 0.369 e. The lowest BCUT2D eigenvalue weighted by Gasteiger charge is -2.14. The summed E-state index contributed by atoms with van der Waals surface area (Å²) in [4.78, 5) is 7.18. The molecule has 0 spiro atoms. The van der Waals surface area contributed by atoms with Gasteiger partial charge in [-0.25, -0.2) is 9.97 Å². The van der Waals surface area contributed by atoms with Crippen molar-refractivity contribution in [3.05, 3.63) is 17.6 Å². The summed E-state index contributed by atoms with van der Waals surface area (Å²) in [6.45, 7) is -0.286. The number of rotatable bonds is 0. The normalized spacial score (nSPS) is 19.2. The molecule has 1 atom stereocenters. The number of fused-ring (bicyclic) bond motifs is 1. The van der Waals surface area contributed by atoms with E-state index in [-0.39, 0.29) is 23.6 Å². The average molecular weight is 214 g/mol. The zero-order chi connectivity index (χ0) is 11.1. The summed E-state index contributed by atoms with van der Waals surface area (Å²) in [5, 5.41) is 11.2. The van der Waals surface area contributed by atoms with E-state index >= 15 is 0 Å². The van der Waals surface area contributed by atoms with Gasteiger partial charge in [0.2, 0.25) is 0 Å². The largest absolute Gasteiger partial charge is 0.397 e. The van der Waals surface area contributed by atoms with Crippen molar-refractivity contribution in [3.8, 4) is 6.07 Å². The van der Waals surface area contributed by atoms with Crippen molar-refractivity contribution >= 4 is 5.82 Å². The van der Waals surface area contributed by atoms with Crippen LogP contribution in [-0.2, 0) is 0 Å². The van der Waals surface area contributed by atoms with Gasteiger partial charge in [-0.2, -0.15) is 18.4 Å². The molecule has 0 aliphatic carbocycles. The lowest BCUT2D eigenvalue weighted by Crippen LogP contribution is -2.23. The molecule has 7 heteroatoms. The molecule has 0 radical (unpaired) electrons. The molecule has 15 heavy (non-hydrogen) atoms. The summed E-state index contributed by atoms with van der Waals surface area (Å²) < 4.78 is 37.7. The molecule has 1 aliphatic rings. The molecule has 78 valence electrons. The van der Waals surface area contributed by atoms with E-state index in [9.17, 15) is 13.2 Å². The molecule has 2 rings (SSSR count). The van der Waals surface area contributed by atoms with Crippen molar-refractivity contribution in [3.63, 3.8) is 0 Å². The van der Waals surface area contributed by atoms with E-state index in [1.165, 1.54) is 0 Å². The molecule has 0 saturated heterocycles. The van der Waals surface area contributed by atoms with E-state index in [0.29, 0.717) is 0 Å². The Hall–Kier alpha value is -1.84. The summed E-state index contributed by atoms with van der Waals surface area (Å²) in [6.07, 6.45) is -3.31. The molecule has 4 nitrogen and oxygen atoms in total. The van der Waals surface area contributed by atoms with Gasteiger partial charge in [0.25, 0.3) is 0 Å². The Morgan fingerprint density at radius 3 is 2.80 bits per heavy atom. The molecule has 0 aromatic carbocycles. The van der Waals surface area contributed by atoms with Crippen LogP contribution in [0.2, 0.25) is 0 Å². The zero-order valence-electron chi connectivity index (χ0n) is 7.34. The van der Waals surface area contributed by atoms with Crippen LogP contribution in [0.1, 0.15) is 17.2 Å². The van der Waals surface area contributed by atoms with E-state index < -0.39 is 12.1 Å². The van der Waals surface area contributed by atoms with Crippen molar-refractivity contribution in [2.24, 2.45) is 0 Å². The summed E-state index contributed by atoms with van der Waals surface area (Å²) in [5.41, 5.74) is -0.361. The molecule has 1 aromatic heterocycles. The maximum absolute atomic E-state index is 12.6. The maximum atomic E-state index is 12.6. The number of hydrogen-bond donors (Lipinski definition) is 1. The summed E-state index contributed by atoms with van der Waals surface area (Å²) in [6, 6.07) is 1.64. The van der Waals surface area contributed by atoms with Crippen LogP contribution in [0.25, 0.3) is 0 Å². The first-order valence-corrected chi connectivity index (χ1v) is 4.09. The van der Waals surface area contributed by atoms with Crippen LogP contribution in [0.3, 0.4) is 0 Å². The van der Waals surface area contributed by atoms with E-state index in [1.807, 2.05) is 0 Å². The zero-order valence-corrected chi connectivity index (χ0v) is 7.34. The number of nitriles is 1. The number of nitrogens with zero attached hydrogens (tertiary/aromatic N) is 3. The number of anilines is 1. The fourth-order valence-electron chi connectivity index (χ4n) is 1.54. The first-order chi connectivity index (χ1) is 7.04. The van der Waals surface area contributed by atoms with Crippen molar-refractivity contribution in [2.75, 3.05) is 11.9 Å². The number of nitrogens with one attached hydrogen (secondary N) is 1. The Kier molecular flexibility index (Phi) is 2.00. The number of halogens is 3. The van der Waals surface area contributed by atoms with Crippen LogP contribution in [0.5, 0.6) is 0 Å². The quantitative estimate of drug-likeness (QED) is 0.709. The van der Waals surface area contributed by atoms with Gasteiger partial charge in [0.05, 0.1) is 0 Å². The van der Waals surface area contributed by atoms with Crippen LogP contribution < -0.4 is 5.32 Å². The Balaban J connectivity index is 2.55. The van der Waals surface area contributed by atoms with E-state index in [0.717, 1.165) is 6.33 Å². The number of aromatic nitrogens is 2. The predicted octanol–water partition coefficient (Wildman–Crippen LogP) is 1.42. The molecule has 1 unspecified atom stereocenters. The molecular weight excluding hydrogens is 209 g/mol. The number of hydrogen-bond acceptors (Lipinski definition) is 4. The standard InChI is InChI=1S/C8H5F3N4/c9-8(10,11)4-2-13-7-6(4)5(1-12)14-3-15-7/h3-4H,2H2,(H,13,14,15). The van der Waals surface area contributed by atoms with Crippen LogP contribution >= 0.6 is 0 Å². The van der Waals surface area contributed by atoms with E-state index in [2.05, 4.69) is 15.3 Å². The van der Waals surface area contributed by atoms with Crippen LogP contribution in [0.4, 0.5) is 19.0 Å². The Bertz CT molecular complexity index is 434. The highest BCUT2D eigenvalue weighted by atomic mass is 19.4. The van der Waals surface area contributed by atoms with Gasteiger partial charge in [-0.1, -0.05) is 0 Å². The van der Waals surface area contributed by atoms with Gasteiger partial charge in [-0.05, 0) is 0 Å². The second kappa shape index (κ2) is 3.08. The van der Waals surface area contributed by atoms with Gasteiger partial charge in [0.15, 0.2) is 0 Å². The first-order valence-electron chi connectivity index (χ1n) is 4.09. The van der Waals surface area contributed by atoms with Gasteiger partial charge < -0.3 is 5.32 Å². The second-order valence-corrected chi connectivity index (χ2v) is 3.07. The minimum atomic E-state index is -4.38. The van der Waals surface area contributed by atoms with Gasteiger partial charge in [0, 0.05) is 12.1 Å². The van der Waals surface area contributed by atoms with Gasteiger partial charge >= 0.3 is 6.18 Å². The number of alkyl halides is 3. The predicted molar refractivity (Wildman–Crippen MR) is 44.0 cm³/mol. The van der Waals surface area contributed by atoms with Crippen LogP contribution in [-0.4, -0.2) is 22.7 Å². The van der Waals surface area contributed by atoms with E-state index in [4.69, 9.17) is 5.26 Å². The molecule has 1 N–H and O–H groups in total. The minimum absolute atomic E-state index is 0.101. The molecule has 2 heterocycles. The lowest BCUT2D eigenvalue weighted by molar-refractivity contribution is -0.146. The van der Waals surface area contributed by atoms with Crippen molar-refractivity contribution in [2.45, 2.75) is 12.1 Å². The van der Waals surface area contributed by atoms with Gasteiger partial charge in [-0.15, -0.1) is 0 Å². The highest BCUT2D eigenvalue weighted by molar-refractivity contribution is 5.57. The maximum Gasteiger partial charge on any atom is 0.397 e. The monoisotopic (exact) mass is 214 g/mol. The third-order valence-corrected chi connectivity index (χ3v) is 2.21. The molecule has 0 saturated carbocycles. The second-order valence-electron chi connectivity index (χ2n) is 3.07. The minimum Gasteiger partial charge on any atom is -0.369 e. The molecule has 0 bridgehead atoms. The van der Waals surface area contributed by atoms with Gasteiger partial charge in [0.1, 0.15) is 29.8 Å². The Morgan fingerprint density at radius 2 is 2.20 bits per heavy atom. The topological polar surface area (TPSA) is 61.6 Å². The van der Waals surface area contributed by atoms with Crippen LogP contribution in [0.15, 0.2) is 6.33 Å². The molecule has 0 amide bonds. The average Bonchev–Trinajstić information content (AvgIpc) is 2.59. The SMILES string of the molecule is N#Cc1ncnc2c1C(C(F)(F)F)CN2. The molecule has 0 fully saturated rings. The van der Waals surface area contributed by atoms with Crippen molar-refractivity contribution in [1.29, 1.82) is 5.26 Å². The Morgan fingerprint density at radius 1 is 1.47 bits per heavy atom. The summed E-state index contributed by atoms with van der Waals surface area (Å²) in [7, 11) is 0. The highest BCUT2D eigenvalue weighted by Crippen LogP contribution is 2.42. The Labute approximate surface area is 82.8 Å². The molecule has 1 aromatic rings. The van der Waals surface area contributed by atoms with Crippen molar-refractivity contribution < 1.29 is 13.2 Å². The fraction of sp³-hybridized carbons (Fsp3) is 0.375. The molecule has 1 aliphatic heterocycles. The van der Waals surface area contributed by atoms with E-state index in [1.54, 1.807) is 6.07 Å². The molecular formula is C8H5F3N4. The van der Waals surface area contributed by atoms with Crippen molar-refractivity contribution in [1.82, 2.24) is 9.97 Å². The third-order valence-electron chi connectivity index (χ3n) is 2.21. The first kappa shape index (κ1) is 9.71. The highest BCUT2D eigenvalue weighted by Gasteiger charge is 2.46. The third kappa shape index (κ3) is 1.48. The fourth-order valence-corrected chi connectivity index (χ4v) is 1.54. The van der Waals surface area contributed by atoms with Gasteiger partial charge in [-0.3, -0.25) is 0 Å². The van der Waals surface area contributed by atoms with Crippen LogP contribution in [0, 0.1) is 11.3 Å². The summed E-state index contributed by atoms with van der Waals surface area (Å²) >= 11 is 0.